The molecule has 2 N–H and O–H groups in total. The standard InChI is InChI=1S/C12H17ClFN3O3/c1-11(2,3)20-10(18)17-8-6(14)7(12(4,5)19)15-9(13)16-8/h19H,1-5H3,(H,15,16,17,18). The third-order valence-electron chi connectivity index (χ3n) is 2.02. The first-order chi connectivity index (χ1) is 8.90. The molecule has 1 aromatic heterocycles. The molecule has 1 aromatic rings. The van der Waals surface area contributed by atoms with E-state index in [1.165, 1.54) is 13.8 Å². The number of hydrogen-bond acceptors (Lipinski definition) is 5. The number of rotatable bonds is 2. The highest BCUT2D eigenvalue weighted by atomic mass is 35.5. The van der Waals surface area contributed by atoms with E-state index in [0.29, 0.717) is 0 Å². The lowest BCUT2D eigenvalue weighted by molar-refractivity contribution is 0.0626. The van der Waals surface area contributed by atoms with E-state index >= 15 is 0 Å². The van der Waals surface area contributed by atoms with Gasteiger partial charge in [0.25, 0.3) is 0 Å². The molecule has 0 radical (unpaired) electrons. The first kappa shape index (κ1) is 16.6. The third-order valence-corrected chi connectivity index (χ3v) is 2.19. The summed E-state index contributed by atoms with van der Waals surface area (Å²) in [7, 11) is 0. The van der Waals surface area contributed by atoms with Crippen LogP contribution >= 0.6 is 11.6 Å². The van der Waals surface area contributed by atoms with Crippen LogP contribution in [0.4, 0.5) is 15.0 Å². The van der Waals surface area contributed by atoms with Crippen LogP contribution in [0.3, 0.4) is 0 Å². The molecule has 0 unspecified atom stereocenters. The summed E-state index contributed by atoms with van der Waals surface area (Å²) in [6.45, 7) is 7.67. The maximum absolute atomic E-state index is 14.1. The largest absolute Gasteiger partial charge is 0.444 e. The topological polar surface area (TPSA) is 84.3 Å². The van der Waals surface area contributed by atoms with Gasteiger partial charge in [0.15, 0.2) is 11.6 Å². The number of hydrogen-bond donors (Lipinski definition) is 2. The molecule has 6 nitrogen and oxygen atoms in total. The Morgan fingerprint density at radius 2 is 1.85 bits per heavy atom. The van der Waals surface area contributed by atoms with Gasteiger partial charge in [-0.05, 0) is 46.2 Å². The van der Waals surface area contributed by atoms with Gasteiger partial charge >= 0.3 is 6.09 Å². The number of nitrogens with one attached hydrogen (secondary N) is 1. The summed E-state index contributed by atoms with van der Waals surface area (Å²) in [6, 6.07) is 0. The van der Waals surface area contributed by atoms with E-state index in [-0.39, 0.29) is 11.0 Å². The summed E-state index contributed by atoms with van der Waals surface area (Å²) in [6.07, 6.45) is -0.882. The fourth-order valence-electron chi connectivity index (χ4n) is 1.31. The van der Waals surface area contributed by atoms with Crippen LogP contribution in [0, 0.1) is 5.82 Å². The second-order valence-electron chi connectivity index (χ2n) is 5.69. The molecule has 0 aliphatic carbocycles. The molecule has 0 spiro atoms. The van der Waals surface area contributed by atoms with Crippen molar-refractivity contribution in [2.45, 2.75) is 45.8 Å². The molecule has 1 rings (SSSR count). The van der Waals surface area contributed by atoms with Crippen LogP contribution in [0.5, 0.6) is 0 Å². The molecule has 0 bridgehead atoms. The van der Waals surface area contributed by atoms with Crippen LogP contribution < -0.4 is 5.32 Å². The van der Waals surface area contributed by atoms with Crippen molar-refractivity contribution in [3.63, 3.8) is 0 Å². The van der Waals surface area contributed by atoms with Crippen molar-refractivity contribution < 1.29 is 19.0 Å². The minimum absolute atomic E-state index is 0.297. The number of carbonyl (C=O) groups is 1. The fraction of sp³-hybridized carbons (Fsp3) is 0.583. The number of ether oxygens (including phenoxy) is 1. The van der Waals surface area contributed by atoms with Gasteiger partial charge in [-0.2, -0.15) is 4.98 Å². The number of nitrogens with zero attached hydrogens (tertiary/aromatic N) is 2. The van der Waals surface area contributed by atoms with Gasteiger partial charge < -0.3 is 9.84 Å². The number of carbonyl (C=O) groups excluding carboxylic acids is 1. The molecule has 0 aliphatic heterocycles. The van der Waals surface area contributed by atoms with Gasteiger partial charge in [-0.1, -0.05) is 0 Å². The van der Waals surface area contributed by atoms with Crippen LogP contribution in [-0.2, 0) is 10.3 Å². The number of aromatic nitrogens is 2. The Morgan fingerprint density at radius 1 is 1.30 bits per heavy atom. The van der Waals surface area contributed by atoms with Gasteiger partial charge in [-0.25, -0.2) is 14.2 Å². The Balaban J connectivity index is 3.08. The summed E-state index contributed by atoms with van der Waals surface area (Å²) in [5.41, 5.74) is -2.62. The fourth-order valence-corrected chi connectivity index (χ4v) is 1.48. The quantitative estimate of drug-likeness (QED) is 0.821. The molecule has 8 heteroatoms. The van der Waals surface area contributed by atoms with Crippen LogP contribution in [0.1, 0.15) is 40.3 Å². The summed E-state index contributed by atoms with van der Waals surface area (Å²) in [4.78, 5) is 18.8. The highest BCUT2D eigenvalue weighted by molar-refractivity contribution is 6.28. The van der Waals surface area contributed by atoms with Gasteiger partial charge in [-0.3, -0.25) is 5.32 Å². The van der Waals surface area contributed by atoms with Gasteiger partial charge in [-0.15, -0.1) is 0 Å². The van der Waals surface area contributed by atoms with Gasteiger partial charge in [0.2, 0.25) is 5.28 Å². The van der Waals surface area contributed by atoms with E-state index in [2.05, 4.69) is 15.3 Å². The Bertz CT molecular complexity index is 524. The van der Waals surface area contributed by atoms with Crippen molar-refractivity contribution in [3.8, 4) is 0 Å². The van der Waals surface area contributed by atoms with E-state index in [4.69, 9.17) is 16.3 Å². The number of anilines is 1. The van der Waals surface area contributed by atoms with Gasteiger partial charge in [0.05, 0.1) is 0 Å². The Labute approximate surface area is 121 Å². The predicted octanol–water partition coefficient (Wildman–Crippen LogP) is 2.84. The summed E-state index contributed by atoms with van der Waals surface area (Å²) in [5.74, 6) is -1.41. The summed E-state index contributed by atoms with van der Waals surface area (Å²) in [5, 5.41) is 11.6. The minimum atomic E-state index is -1.57. The maximum atomic E-state index is 14.1. The lowest BCUT2D eigenvalue weighted by Crippen LogP contribution is -2.29. The molecule has 0 fully saturated rings. The normalized spacial score (nSPS) is 12.2. The Kier molecular flexibility index (Phi) is 4.55. The monoisotopic (exact) mass is 305 g/mol. The highest BCUT2D eigenvalue weighted by Gasteiger charge is 2.28. The van der Waals surface area contributed by atoms with E-state index in [1.54, 1.807) is 20.8 Å². The first-order valence-electron chi connectivity index (χ1n) is 5.86. The van der Waals surface area contributed by atoms with Crippen LogP contribution in [-0.4, -0.2) is 26.8 Å². The zero-order valence-electron chi connectivity index (χ0n) is 11.9. The molecule has 0 aromatic carbocycles. The first-order valence-corrected chi connectivity index (χ1v) is 6.24. The predicted molar refractivity (Wildman–Crippen MR) is 72.1 cm³/mol. The lowest BCUT2D eigenvalue weighted by Gasteiger charge is -2.21. The average molecular weight is 306 g/mol. The van der Waals surface area contributed by atoms with E-state index in [0.717, 1.165) is 0 Å². The van der Waals surface area contributed by atoms with Crippen molar-refractivity contribution in [2.24, 2.45) is 0 Å². The van der Waals surface area contributed by atoms with Crippen LogP contribution in [0.15, 0.2) is 0 Å². The van der Waals surface area contributed by atoms with Crippen molar-refractivity contribution in [2.75, 3.05) is 5.32 Å². The zero-order chi connectivity index (χ0) is 15.7. The van der Waals surface area contributed by atoms with Gasteiger partial charge in [0.1, 0.15) is 16.9 Å². The second kappa shape index (κ2) is 5.49. The molecule has 0 aliphatic rings. The van der Waals surface area contributed by atoms with E-state index in [9.17, 15) is 14.3 Å². The zero-order valence-corrected chi connectivity index (χ0v) is 12.7. The molecule has 20 heavy (non-hydrogen) atoms. The van der Waals surface area contributed by atoms with Crippen LogP contribution in [0.25, 0.3) is 0 Å². The molecular weight excluding hydrogens is 289 g/mol. The van der Waals surface area contributed by atoms with Crippen molar-refractivity contribution in [1.29, 1.82) is 0 Å². The second-order valence-corrected chi connectivity index (χ2v) is 6.03. The average Bonchev–Trinajstić information content (AvgIpc) is 2.18. The molecular formula is C12H17ClFN3O3. The van der Waals surface area contributed by atoms with Crippen molar-refractivity contribution in [1.82, 2.24) is 9.97 Å². The Hall–Kier alpha value is -1.47. The summed E-state index contributed by atoms with van der Waals surface area (Å²) < 4.78 is 19.1. The number of halogens is 2. The molecule has 112 valence electrons. The van der Waals surface area contributed by atoms with Crippen molar-refractivity contribution in [3.05, 3.63) is 16.8 Å². The van der Waals surface area contributed by atoms with Gasteiger partial charge in [0, 0.05) is 0 Å². The molecule has 1 amide bonds. The number of amides is 1. The smallest absolute Gasteiger partial charge is 0.413 e. The number of aliphatic hydroxyl groups is 1. The summed E-state index contributed by atoms with van der Waals surface area (Å²) >= 11 is 5.65. The highest BCUT2D eigenvalue weighted by Crippen LogP contribution is 2.26. The van der Waals surface area contributed by atoms with Crippen molar-refractivity contribution >= 4 is 23.5 Å². The SMILES string of the molecule is CC(C)(C)OC(=O)Nc1nc(Cl)nc(C(C)(C)O)c1F. The molecule has 0 saturated carbocycles. The maximum Gasteiger partial charge on any atom is 0.413 e. The van der Waals surface area contributed by atoms with E-state index < -0.39 is 28.9 Å². The molecule has 0 atom stereocenters. The lowest BCUT2D eigenvalue weighted by atomic mass is 10.0. The molecule has 1 heterocycles. The molecule has 0 saturated heterocycles. The minimum Gasteiger partial charge on any atom is -0.444 e. The van der Waals surface area contributed by atoms with Crippen LogP contribution in [0.2, 0.25) is 5.28 Å². The third kappa shape index (κ3) is 4.57. The Morgan fingerprint density at radius 3 is 2.30 bits per heavy atom. The van der Waals surface area contributed by atoms with E-state index in [1.807, 2.05) is 0 Å².